The van der Waals surface area contributed by atoms with Gasteiger partial charge in [0, 0.05) is 19.5 Å². The van der Waals surface area contributed by atoms with Crippen LogP contribution in [0.5, 0.6) is 0 Å². The quantitative estimate of drug-likeness (QED) is 0.910. The third-order valence-electron chi connectivity index (χ3n) is 3.53. The van der Waals surface area contributed by atoms with Gasteiger partial charge in [0.15, 0.2) is 5.76 Å². The molecule has 1 amide bonds. The summed E-state index contributed by atoms with van der Waals surface area (Å²) in [6.45, 7) is 3.59. The Hall–Kier alpha value is -2.23. The molecule has 2 heterocycles. The number of nitrogens with zero attached hydrogens (tertiary/aromatic N) is 1. The van der Waals surface area contributed by atoms with E-state index in [1.807, 2.05) is 37.3 Å². The number of anilines is 2. The van der Waals surface area contributed by atoms with E-state index in [2.05, 4.69) is 5.32 Å². The summed E-state index contributed by atoms with van der Waals surface area (Å²) in [7, 11) is 0. The molecule has 0 bridgehead atoms. The Balaban J connectivity index is 1.94. The molecule has 2 aromatic rings. The highest BCUT2D eigenvalue weighted by molar-refractivity contribution is 6.06. The minimum Gasteiger partial charge on any atom is -0.456 e. The van der Waals surface area contributed by atoms with Gasteiger partial charge in [-0.05, 0) is 30.7 Å². The van der Waals surface area contributed by atoms with Crippen LogP contribution in [0.25, 0.3) is 0 Å². The fourth-order valence-electron chi connectivity index (χ4n) is 2.47. The van der Waals surface area contributed by atoms with E-state index in [0.29, 0.717) is 12.3 Å². The van der Waals surface area contributed by atoms with E-state index in [0.717, 1.165) is 36.5 Å². The summed E-state index contributed by atoms with van der Waals surface area (Å²) in [6.07, 6.45) is 1.72. The molecule has 0 unspecified atom stereocenters. The average Bonchev–Trinajstić information content (AvgIpc) is 2.86. The van der Waals surface area contributed by atoms with Gasteiger partial charge in [-0.2, -0.15) is 0 Å². The van der Waals surface area contributed by atoms with E-state index < -0.39 is 0 Å². The maximum atomic E-state index is 12.6. The molecule has 0 saturated carbocycles. The number of carbonyl (C=O) groups is 1. The van der Waals surface area contributed by atoms with Gasteiger partial charge in [-0.25, -0.2) is 0 Å². The molecule has 20 heavy (non-hydrogen) atoms. The molecule has 104 valence electrons. The first-order chi connectivity index (χ1) is 9.79. The van der Waals surface area contributed by atoms with Crippen molar-refractivity contribution in [1.29, 1.82) is 0 Å². The lowest BCUT2D eigenvalue weighted by atomic mass is 10.2. The fraction of sp³-hybridized carbons (Fsp3) is 0.312. The van der Waals surface area contributed by atoms with Gasteiger partial charge < -0.3 is 14.6 Å². The van der Waals surface area contributed by atoms with Crippen molar-refractivity contribution in [2.45, 2.75) is 19.8 Å². The zero-order chi connectivity index (χ0) is 13.9. The molecule has 4 heteroatoms. The van der Waals surface area contributed by atoms with Crippen LogP contribution in [0, 0.1) is 0 Å². The topological polar surface area (TPSA) is 45.5 Å². The molecule has 4 nitrogen and oxygen atoms in total. The van der Waals surface area contributed by atoms with Crippen molar-refractivity contribution in [2.75, 3.05) is 23.3 Å². The number of furan rings is 1. The summed E-state index contributed by atoms with van der Waals surface area (Å²) in [6, 6.07) is 11.5. The standard InChI is InChI=1S/C16H18N2O2/c1-2-12-8-9-15(20-12)16(19)18-11-5-10-17-13-6-3-4-7-14(13)18/h3-4,6-9,17H,2,5,10-11H2,1H3. The number of rotatable bonds is 2. The molecule has 1 aliphatic rings. The molecule has 0 fully saturated rings. The van der Waals surface area contributed by atoms with E-state index in [9.17, 15) is 4.79 Å². The highest BCUT2D eigenvalue weighted by Crippen LogP contribution is 2.29. The first kappa shape index (κ1) is 12.8. The number of amides is 1. The first-order valence-electron chi connectivity index (χ1n) is 7.03. The van der Waals surface area contributed by atoms with Crippen molar-refractivity contribution in [1.82, 2.24) is 0 Å². The van der Waals surface area contributed by atoms with Crippen molar-refractivity contribution >= 4 is 17.3 Å². The molecule has 0 saturated heterocycles. The number of hydrogen-bond acceptors (Lipinski definition) is 3. The van der Waals surface area contributed by atoms with Crippen LogP contribution in [-0.2, 0) is 6.42 Å². The van der Waals surface area contributed by atoms with Crippen LogP contribution in [0.4, 0.5) is 11.4 Å². The lowest BCUT2D eigenvalue weighted by Gasteiger charge is -2.21. The van der Waals surface area contributed by atoms with Gasteiger partial charge in [0.25, 0.3) is 5.91 Å². The van der Waals surface area contributed by atoms with E-state index in [-0.39, 0.29) is 5.91 Å². The Kier molecular flexibility index (Phi) is 3.46. The minimum absolute atomic E-state index is 0.0687. The number of nitrogens with one attached hydrogen (secondary N) is 1. The fourth-order valence-corrected chi connectivity index (χ4v) is 2.47. The Morgan fingerprint density at radius 3 is 2.95 bits per heavy atom. The summed E-state index contributed by atoms with van der Waals surface area (Å²) in [4.78, 5) is 14.4. The predicted molar refractivity (Wildman–Crippen MR) is 79.3 cm³/mol. The number of hydrogen-bond donors (Lipinski definition) is 1. The molecule has 0 radical (unpaired) electrons. The smallest absolute Gasteiger partial charge is 0.294 e. The van der Waals surface area contributed by atoms with Crippen molar-refractivity contribution in [2.24, 2.45) is 0 Å². The third kappa shape index (κ3) is 2.29. The largest absolute Gasteiger partial charge is 0.456 e. The van der Waals surface area contributed by atoms with Crippen LogP contribution >= 0.6 is 0 Å². The Morgan fingerprint density at radius 2 is 2.15 bits per heavy atom. The van der Waals surface area contributed by atoms with Gasteiger partial charge in [-0.15, -0.1) is 0 Å². The van der Waals surface area contributed by atoms with E-state index in [1.165, 1.54) is 0 Å². The number of benzene rings is 1. The summed E-state index contributed by atoms with van der Waals surface area (Å²) in [5, 5.41) is 3.35. The second-order valence-electron chi connectivity index (χ2n) is 4.87. The molecule has 1 aromatic carbocycles. The van der Waals surface area contributed by atoms with Crippen molar-refractivity contribution in [3.63, 3.8) is 0 Å². The molecule has 1 aliphatic heterocycles. The van der Waals surface area contributed by atoms with Gasteiger partial charge in [-0.1, -0.05) is 19.1 Å². The third-order valence-corrected chi connectivity index (χ3v) is 3.53. The minimum atomic E-state index is -0.0687. The maximum Gasteiger partial charge on any atom is 0.294 e. The monoisotopic (exact) mass is 270 g/mol. The SMILES string of the molecule is CCc1ccc(C(=O)N2CCCNc3ccccc32)o1. The Bertz CT molecular complexity index is 618. The highest BCUT2D eigenvalue weighted by Gasteiger charge is 2.24. The lowest BCUT2D eigenvalue weighted by Crippen LogP contribution is -2.31. The Morgan fingerprint density at radius 1 is 1.30 bits per heavy atom. The molecule has 0 atom stereocenters. The molecular weight excluding hydrogens is 252 g/mol. The summed E-state index contributed by atoms with van der Waals surface area (Å²) >= 11 is 0. The Labute approximate surface area is 118 Å². The van der Waals surface area contributed by atoms with Gasteiger partial charge in [-0.3, -0.25) is 4.79 Å². The lowest BCUT2D eigenvalue weighted by molar-refractivity contribution is 0.0959. The summed E-state index contributed by atoms with van der Waals surface area (Å²) in [5.74, 6) is 1.19. The number of aryl methyl sites for hydroxylation is 1. The van der Waals surface area contributed by atoms with Crippen LogP contribution in [0.2, 0.25) is 0 Å². The van der Waals surface area contributed by atoms with Crippen LogP contribution in [0.3, 0.4) is 0 Å². The van der Waals surface area contributed by atoms with Crippen LogP contribution in [0.15, 0.2) is 40.8 Å². The van der Waals surface area contributed by atoms with Crippen LogP contribution < -0.4 is 10.2 Å². The zero-order valence-corrected chi connectivity index (χ0v) is 11.6. The van der Waals surface area contributed by atoms with E-state index >= 15 is 0 Å². The maximum absolute atomic E-state index is 12.6. The van der Waals surface area contributed by atoms with Gasteiger partial charge in [0.05, 0.1) is 11.4 Å². The van der Waals surface area contributed by atoms with Gasteiger partial charge in [0.2, 0.25) is 0 Å². The number of fused-ring (bicyclic) bond motifs is 1. The molecule has 3 rings (SSSR count). The van der Waals surface area contributed by atoms with Crippen LogP contribution in [0.1, 0.15) is 29.7 Å². The average molecular weight is 270 g/mol. The van der Waals surface area contributed by atoms with E-state index in [4.69, 9.17) is 4.42 Å². The molecule has 0 aliphatic carbocycles. The predicted octanol–water partition coefficient (Wildman–Crippen LogP) is 3.30. The van der Waals surface area contributed by atoms with Crippen LogP contribution in [-0.4, -0.2) is 19.0 Å². The first-order valence-corrected chi connectivity index (χ1v) is 7.03. The summed E-state index contributed by atoms with van der Waals surface area (Å²) < 4.78 is 5.59. The van der Waals surface area contributed by atoms with Gasteiger partial charge >= 0.3 is 0 Å². The molecule has 1 aromatic heterocycles. The van der Waals surface area contributed by atoms with Gasteiger partial charge in [0.1, 0.15) is 5.76 Å². The number of carbonyl (C=O) groups excluding carboxylic acids is 1. The van der Waals surface area contributed by atoms with Crippen molar-refractivity contribution in [3.8, 4) is 0 Å². The second-order valence-corrected chi connectivity index (χ2v) is 4.87. The van der Waals surface area contributed by atoms with Crippen molar-refractivity contribution in [3.05, 3.63) is 47.9 Å². The number of para-hydroxylation sites is 2. The normalized spacial score (nSPS) is 14.3. The summed E-state index contributed by atoms with van der Waals surface area (Å²) in [5.41, 5.74) is 1.92. The zero-order valence-electron chi connectivity index (χ0n) is 11.6. The van der Waals surface area contributed by atoms with Crippen molar-refractivity contribution < 1.29 is 9.21 Å². The highest BCUT2D eigenvalue weighted by atomic mass is 16.4. The van der Waals surface area contributed by atoms with E-state index in [1.54, 1.807) is 11.0 Å². The molecule has 0 spiro atoms. The molecular formula is C16H18N2O2. The second kappa shape index (κ2) is 5.41. The molecule has 1 N–H and O–H groups in total.